The van der Waals surface area contributed by atoms with E-state index in [4.69, 9.17) is 0 Å². The Hall–Kier alpha value is -7.28. The van der Waals surface area contributed by atoms with E-state index in [1.54, 1.807) is 0 Å². The van der Waals surface area contributed by atoms with Crippen LogP contribution in [0.1, 0.15) is 25.0 Å². The van der Waals surface area contributed by atoms with E-state index >= 15 is 0 Å². The van der Waals surface area contributed by atoms with Gasteiger partial charge in [0.05, 0.1) is 0 Å². The van der Waals surface area contributed by atoms with Crippen molar-refractivity contribution in [2.75, 3.05) is 0 Å². The molecule has 276 valence electrons. The van der Waals surface area contributed by atoms with E-state index in [-0.39, 0.29) is 5.41 Å². The fraction of sp³-hybridized carbons (Fsp3) is 0.0508. The monoisotopic (exact) mass is 748 g/mol. The standard InChI is InChI=1S/C59H40/c1-59(2)55-24-10-9-19-49(55)53-36-44(30-32-56(53)59)58-51-21-8-7-20-50(51)57(52-31-29-42(35-54(52)58)48-23-12-16-38-14-4-6-18-46(38)48)43-28-26-39-33-41(27-25-40(39)34-43)47-22-11-15-37-13-3-5-17-45(37)47/h3-36H,1-2H3. The summed E-state index contributed by atoms with van der Waals surface area (Å²) in [5.41, 5.74) is 15.4. The van der Waals surface area contributed by atoms with Crippen molar-refractivity contribution in [2.24, 2.45) is 0 Å². The van der Waals surface area contributed by atoms with Crippen LogP contribution in [0.25, 0.3) is 109 Å². The normalized spacial score (nSPS) is 13.1. The summed E-state index contributed by atoms with van der Waals surface area (Å²) in [5.74, 6) is 0. The van der Waals surface area contributed by atoms with Crippen LogP contribution in [0.3, 0.4) is 0 Å². The van der Waals surface area contributed by atoms with Gasteiger partial charge in [-0.05, 0) is 145 Å². The lowest BCUT2D eigenvalue weighted by molar-refractivity contribution is 0.660. The summed E-state index contributed by atoms with van der Waals surface area (Å²) in [7, 11) is 0. The van der Waals surface area contributed by atoms with Gasteiger partial charge in [0.15, 0.2) is 0 Å². The third kappa shape index (κ3) is 5.16. The van der Waals surface area contributed by atoms with Gasteiger partial charge in [-0.2, -0.15) is 0 Å². The van der Waals surface area contributed by atoms with Crippen LogP contribution in [-0.4, -0.2) is 0 Å². The lowest BCUT2D eigenvalue weighted by Crippen LogP contribution is -2.14. The van der Waals surface area contributed by atoms with Crippen molar-refractivity contribution in [1.29, 1.82) is 0 Å². The van der Waals surface area contributed by atoms with Gasteiger partial charge in [-0.15, -0.1) is 0 Å². The molecule has 0 saturated heterocycles. The predicted molar refractivity (Wildman–Crippen MR) is 253 cm³/mol. The molecule has 1 aliphatic carbocycles. The van der Waals surface area contributed by atoms with E-state index in [2.05, 4.69) is 220 Å². The zero-order valence-corrected chi connectivity index (χ0v) is 33.1. The SMILES string of the molecule is CC1(C)c2ccccc2-c2cc(-c3c4ccccc4c(-c4ccc5cc(-c6cccc7ccccc67)ccc5c4)c4ccc(-c5cccc6ccccc56)cc34)ccc21. The Morgan fingerprint density at radius 2 is 0.695 bits per heavy atom. The molecule has 0 amide bonds. The maximum Gasteiger partial charge on any atom is 0.0158 e. The average molecular weight is 749 g/mol. The van der Waals surface area contributed by atoms with Gasteiger partial charge in [-0.1, -0.05) is 196 Å². The summed E-state index contributed by atoms with van der Waals surface area (Å²) in [6, 6.07) is 77.1. The molecule has 0 unspecified atom stereocenters. The molecule has 0 heteroatoms. The van der Waals surface area contributed by atoms with E-state index in [0.717, 1.165) is 0 Å². The second-order valence-corrected chi connectivity index (χ2v) is 16.8. The molecule has 0 saturated carbocycles. The third-order valence-electron chi connectivity index (χ3n) is 13.2. The van der Waals surface area contributed by atoms with Crippen LogP contribution in [0.4, 0.5) is 0 Å². The average Bonchev–Trinajstić information content (AvgIpc) is 3.52. The van der Waals surface area contributed by atoms with Crippen molar-refractivity contribution in [2.45, 2.75) is 19.3 Å². The van der Waals surface area contributed by atoms with E-state index in [1.807, 2.05) is 0 Å². The minimum Gasteiger partial charge on any atom is -0.0619 e. The molecule has 11 aromatic rings. The summed E-state index contributed by atoms with van der Waals surface area (Å²) in [5, 5.41) is 12.6. The minimum atomic E-state index is -0.0499. The van der Waals surface area contributed by atoms with Crippen molar-refractivity contribution in [3.63, 3.8) is 0 Å². The summed E-state index contributed by atoms with van der Waals surface area (Å²) in [6.45, 7) is 4.72. The Bertz CT molecular complexity index is 3520. The van der Waals surface area contributed by atoms with E-state index in [1.165, 1.54) is 121 Å². The highest BCUT2D eigenvalue weighted by atomic mass is 14.4. The second kappa shape index (κ2) is 12.9. The molecular weight excluding hydrogens is 709 g/mol. The van der Waals surface area contributed by atoms with Gasteiger partial charge in [0.25, 0.3) is 0 Å². The van der Waals surface area contributed by atoms with Gasteiger partial charge in [-0.3, -0.25) is 0 Å². The maximum atomic E-state index is 2.47. The topological polar surface area (TPSA) is 0 Å². The minimum absolute atomic E-state index is 0.0499. The number of hydrogen-bond acceptors (Lipinski definition) is 0. The summed E-state index contributed by atoms with van der Waals surface area (Å²) >= 11 is 0. The molecule has 11 aromatic carbocycles. The molecular formula is C59H40. The van der Waals surface area contributed by atoms with Crippen LogP contribution in [0, 0.1) is 0 Å². The molecule has 0 bridgehead atoms. The first-order valence-corrected chi connectivity index (χ1v) is 20.7. The molecule has 0 nitrogen and oxygen atoms in total. The highest BCUT2D eigenvalue weighted by Crippen LogP contribution is 2.52. The van der Waals surface area contributed by atoms with Gasteiger partial charge in [0.2, 0.25) is 0 Å². The molecule has 59 heavy (non-hydrogen) atoms. The molecule has 1 aliphatic rings. The van der Waals surface area contributed by atoms with Crippen LogP contribution in [0.2, 0.25) is 0 Å². The van der Waals surface area contributed by atoms with Gasteiger partial charge >= 0.3 is 0 Å². The largest absolute Gasteiger partial charge is 0.0619 e. The van der Waals surface area contributed by atoms with Crippen molar-refractivity contribution in [3.05, 3.63) is 217 Å². The molecule has 0 atom stereocenters. The molecule has 0 heterocycles. The molecule has 0 N–H and O–H groups in total. The second-order valence-electron chi connectivity index (χ2n) is 16.8. The van der Waals surface area contributed by atoms with Crippen molar-refractivity contribution >= 4 is 53.9 Å². The Balaban J connectivity index is 1.11. The smallest absolute Gasteiger partial charge is 0.0158 e. The highest BCUT2D eigenvalue weighted by molar-refractivity contribution is 6.23. The van der Waals surface area contributed by atoms with Crippen LogP contribution in [0.15, 0.2) is 206 Å². The quantitative estimate of drug-likeness (QED) is 0.157. The number of hydrogen-bond donors (Lipinski definition) is 0. The van der Waals surface area contributed by atoms with E-state index < -0.39 is 0 Å². The fourth-order valence-corrected chi connectivity index (χ4v) is 10.4. The summed E-state index contributed by atoms with van der Waals surface area (Å²) < 4.78 is 0. The summed E-state index contributed by atoms with van der Waals surface area (Å²) in [4.78, 5) is 0. The Morgan fingerprint density at radius 1 is 0.254 bits per heavy atom. The molecule has 0 spiro atoms. The van der Waals surface area contributed by atoms with Gasteiger partial charge < -0.3 is 0 Å². The predicted octanol–water partition coefficient (Wildman–Crippen LogP) is 16.4. The lowest BCUT2D eigenvalue weighted by atomic mass is 9.81. The van der Waals surface area contributed by atoms with Crippen LogP contribution in [0.5, 0.6) is 0 Å². The highest BCUT2D eigenvalue weighted by Gasteiger charge is 2.35. The molecule has 12 rings (SSSR count). The van der Waals surface area contributed by atoms with Crippen molar-refractivity contribution in [1.82, 2.24) is 0 Å². The Labute approximate surface area is 344 Å². The van der Waals surface area contributed by atoms with Crippen molar-refractivity contribution in [3.8, 4) is 55.6 Å². The Morgan fingerprint density at radius 3 is 1.39 bits per heavy atom. The maximum absolute atomic E-state index is 2.47. The van der Waals surface area contributed by atoms with Crippen LogP contribution >= 0.6 is 0 Å². The first-order valence-electron chi connectivity index (χ1n) is 20.7. The number of fused-ring (bicyclic) bond motifs is 8. The van der Waals surface area contributed by atoms with Crippen LogP contribution < -0.4 is 0 Å². The first kappa shape index (κ1) is 33.8. The number of benzene rings is 11. The molecule has 0 aliphatic heterocycles. The van der Waals surface area contributed by atoms with Crippen LogP contribution in [-0.2, 0) is 5.41 Å². The van der Waals surface area contributed by atoms with E-state index in [0.29, 0.717) is 0 Å². The molecule has 0 fully saturated rings. The molecule has 0 aromatic heterocycles. The molecule has 0 radical (unpaired) electrons. The van der Waals surface area contributed by atoms with Crippen molar-refractivity contribution < 1.29 is 0 Å². The fourth-order valence-electron chi connectivity index (χ4n) is 10.4. The zero-order chi connectivity index (χ0) is 39.2. The lowest BCUT2D eigenvalue weighted by Gasteiger charge is -2.22. The summed E-state index contributed by atoms with van der Waals surface area (Å²) in [6.07, 6.45) is 0. The first-order chi connectivity index (χ1) is 29.0. The van der Waals surface area contributed by atoms with Gasteiger partial charge in [0, 0.05) is 5.41 Å². The van der Waals surface area contributed by atoms with Gasteiger partial charge in [-0.25, -0.2) is 0 Å². The zero-order valence-electron chi connectivity index (χ0n) is 33.1. The van der Waals surface area contributed by atoms with Gasteiger partial charge in [0.1, 0.15) is 0 Å². The third-order valence-corrected chi connectivity index (χ3v) is 13.2. The Kier molecular flexibility index (Phi) is 7.38. The van der Waals surface area contributed by atoms with E-state index in [9.17, 15) is 0 Å². The number of rotatable bonds is 4.